The van der Waals surface area contributed by atoms with Gasteiger partial charge in [0, 0.05) is 31.4 Å². The maximum Gasteiger partial charge on any atom is 0.298 e. The number of nitrogens with zero attached hydrogens (tertiary/aromatic N) is 6. The molecule has 0 unspecified atom stereocenters. The van der Waals surface area contributed by atoms with Gasteiger partial charge in [-0.05, 0) is 37.8 Å². The lowest BCUT2D eigenvalue weighted by Gasteiger charge is -2.31. The van der Waals surface area contributed by atoms with Crippen LogP contribution in [0.25, 0.3) is 16.9 Å². The summed E-state index contributed by atoms with van der Waals surface area (Å²) in [5, 5.41) is 7.77. The number of piperidine rings is 1. The second-order valence-electron chi connectivity index (χ2n) is 7.03. The molecule has 0 bridgehead atoms. The Hall–Kier alpha value is -3.16. The molecule has 0 radical (unpaired) electrons. The molecule has 4 heterocycles. The van der Waals surface area contributed by atoms with Gasteiger partial charge in [0.25, 0.3) is 11.8 Å². The number of aryl methyl sites for hydroxylation is 1. The van der Waals surface area contributed by atoms with E-state index in [1.165, 1.54) is 6.33 Å². The third-order valence-electron chi connectivity index (χ3n) is 5.12. The number of aromatic nitrogens is 5. The average molecular weight is 363 g/mol. The first-order valence-corrected chi connectivity index (χ1v) is 9.28. The van der Waals surface area contributed by atoms with Crippen molar-refractivity contribution in [3.05, 3.63) is 42.4 Å². The predicted molar refractivity (Wildman–Crippen MR) is 103 cm³/mol. The van der Waals surface area contributed by atoms with Crippen molar-refractivity contribution in [2.75, 3.05) is 29.9 Å². The summed E-state index contributed by atoms with van der Waals surface area (Å²) < 4.78 is 7.65. The molecule has 0 atom stereocenters. The minimum atomic E-state index is 0.595. The minimum absolute atomic E-state index is 0.595. The number of nitrogens with one attached hydrogen (secondary N) is 1. The Kier molecular flexibility index (Phi) is 3.88. The summed E-state index contributed by atoms with van der Waals surface area (Å²) in [5.41, 5.74) is 2.70. The van der Waals surface area contributed by atoms with E-state index in [1.54, 1.807) is 4.52 Å². The quantitative estimate of drug-likeness (QED) is 0.597. The molecule has 0 aliphatic carbocycles. The highest BCUT2D eigenvalue weighted by Crippen LogP contribution is 2.26. The number of oxazole rings is 1. The lowest BCUT2D eigenvalue weighted by Crippen LogP contribution is -2.36. The average Bonchev–Trinajstić information content (AvgIpc) is 3.33. The van der Waals surface area contributed by atoms with Crippen molar-refractivity contribution in [3.63, 3.8) is 0 Å². The van der Waals surface area contributed by atoms with Crippen LogP contribution in [0.3, 0.4) is 0 Å². The third kappa shape index (κ3) is 3.07. The molecule has 4 aromatic rings. The van der Waals surface area contributed by atoms with Crippen LogP contribution in [0.5, 0.6) is 0 Å². The van der Waals surface area contributed by atoms with Crippen molar-refractivity contribution in [2.24, 2.45) is 5.92 Å². The largest absolute Gasteiger partial charge is 0.423 e. The van der Waals surface area contributed by atoms with Gasteiger partial charge in [0.15, 0.2) is 5.58 Å². The molecule has 0 saturated carbocycles. The highest BCUT2D eigenvalue weighted by molar-refractivity contribution is 5.74. The molecular formula is C19H21N7O. The summed E-state index contributed by atoms with van der Waals surface area (Å²) in [6.45, 7) is 4.78. The first-order valence-electron chi connectivity index (χ1n) is 9.28. The molecule has 27 heavy (non-hydrogen) atoms. The van der Waals surface area contributed by atoms with E-state index >= 15 is 0 Å². The lowest BCUT2D eigenvalue weighted by atomic mass is 9.97. The summed E-state index contributed by atoms with van der Waals surface area (Å²) in [7, 11) is 0. The molecule has 5 rings (SSSR count). The van der Waals surface area contributed by atoms with Crippen molar-refractivity contribution in [1.29, 1.82) is 0 Å². The van der Waals surface area contributed by atoms with Gasteiger partial charge >= 0.3 is 0 Å². The van der Waals surface area contributed by atoms with Gasteiger partial charge in [-0.15, -0.1) is 0 Å². The van der Waals surface area contributed by atoms with Crippen molar-refractivity contribution in [1.82, 2.24) is 24.6 Å². The van der Waals surface area contributed by atoms with E-state index < -0.39 is 0 Å². The van der Waals surface area contributed by atoms with Crippen molar-refractivity contribution < 1.29 is 4.42 Å². The standard InChI is InChI=1S/C19H21N7O/c1-13-10-17(26-18(23-13)21-12-22-26)20-11-14-6-8-25(9-7-14)19-24-15-4-2-3-5-16(15)27-19/h2-5,10,12,14,20H,6-9,11H2,1H3. The van der Waals surface area contributed by atoms with E-state index in [0.29, 0.717) is 11.7 Å². The van der Waals surface area contributed by atoms with Crippen LogP contribution in [-0.4, -0.2) is 44.2 Å². The molecule has 1 saturated heterocycles. The van der Waals surface area contributed by atoms with E-state index in [1.807, 2.05) is 37.3 Å². The Bertz CT molecular complexity index is 1040. The van der Waals surface area contributed by atoms with Gasteiger partial charge in [-0.3, -0.25) is 0 Å². The molecule has 138 valence electrons. The van der Waals surface area contributed by atoms with Gasteiger partial charge in [0.1, 0.15) is 17.7 Å². The fraction of sp³-hybridized carbons (Fsp3) is 0.368. The maximum absolute atomic E-state index is 5.90. The van der Waals surface area contributed by atoms with Crippen LogP contribution >= 0.6 is 0 Å². The zero-order valence-corrected chi connectivity index (χ0v) is 15.2. The van der Waals surface area contributed by atoms with Gasteiger partial charge in [0.05, 0.1) is 0 Å². The highest BCUT2D eigenvalue weighted by Gasteiger charge is 2.23. The first-order chi connectivity index (χ1) is 13.3. The second-order valence-corrected chi connectivity index (χ2v) is 7.03. The topological polar surface area (TPSA) is 84.4 Å². The van der Waals surface area contributed by atoms with E-state index in [2.05, 4.69) is 30.3 Å². The Morgan fingerprint density at radius 3 is 2.89 bits per heavy atom. The lowest BCUT2D eigenvalue weighted by molar-refractivity contribution is 0.405. The van der Waals surface area contributed by atoms with Crippen molar-refractivity contribution >= 4 is 28.7 Å². The smallest absolute Gasteiger partial charge is 0.298 e. The fourth-order valence-electron chi connectivity index (χ4n) is 3.63. The van der Waals surface area contributed by atoms with Crippen LogP contribution < -0.4 is 10.2 Å². The van der Waals surface area contributed by atoms with Gasteiger partial charge in [-0.25, -0.2) is 4.98 Å². The highest BCUT2D eigenvalue weighted by atomic mass is 16.4. The molecule has 8 heteroatoms. The van der Waals surface area contributed by atoms with E-state index in [-0.39, 0.29) is 0 Å². The summed E-state index contributed by atoms with van der Waals surface area (Å²) >= 11 is 0. The summed E-state index contributed by atoms with van der Waals surface area (Å²) in [6, 6.07) is 10.7. The monoisotopic (exact) mass is 363 g/mol. The third-order valence-corrected chi connectivity index (χ3v) is 5.12. The minimum Gasteiger partial charge on any atom is -0.423 e. The zero-order chi connectivity index (χ0) is 18.2. The van der Waals surface area contributed by atoms with Crippen molar-refractivity contribution in [3.8, 4) is 0 Å². The second kappa shape index (κ2) is 6.53. The Labute approximate surface area is 156 Å². The molecule has 0 spiro atoms. The molecular weight excluding hydrogens is 342 g/mol. The number of anilines is 2. The van der Waals surface area contributed by atoms with Gasteiger partial charge < -0.3 is 14.6 Å². The SMILES string of the molecule is Cc1cc(NCC2CCN(c3nc4ccccc4o3)CC2)n2ncnc2n1. The molecule has 1 N–H and O–H groups in total. The van der Waals surface area contributed by atoms with Gasteiger partial charge in [0.2, 0.25) is 0 Å². The number of hydrogen-bond donors (Lipinski definition) is 1. The Balaban J connectivity index is 1.22. The fourth-order valence-corrected chi connectivity index (χ4v) is 3.63. The van der Waals surface area contributed by atoms with Crippen LogP contribution in [-0.2, 0) is 0 Å². The zero-order valence-electron chi connectivity index (χ0n) is 15.2. The van der Waals surface area contributed by atoms with E-state index in [9.17, 15) is 0 Å². The van der Waals surface area contributed by atoms with Crippen LogP contribution in [0.1, 0.15) is 18.5 Å². The Morgan fingerprint density at radius 1 is 1.19 bits per heavy atom. The van der Waals surface area contributed by atoms with Crippen molar-refractivity contribution in [2.45, 2.75) is 19.8 Å². The van der Waals surface area contributed by atoms with Crippen LogP contribution in [0.15, 0.2) is 41.1 Å². The predicted octanol–water partition coefficient (Wildman–Crippen LogP) is 2.90. The summed E-state index contributed by atoms with van der Waals surface area (Å²) in [4.78, 5) is 15.4. The van der Waals surface area contributed by atoms with Crippen LogP contribution in [0.2, 0.25) is 0 Å². The molecule has 1 aliphatic rings. The number of para-hydroxylation sites is 2. The number of rotatable bonds is 4. The van der Waals surface area contributed by atoms with E-state index in [0.717, 1.165) is 61.1 Å². The maximum atomic E-state index is 5.90. The summed E-state index contributed by atoms with van der Waals surface area (Å²) in [6.07, 6.45) is 3.72. The molecule has 0 amide bonds. The molecule has 8 nitrogen and oxygen atoms in total. The van der Waals surface area contributed by atoms with Crippen LogP contribution in [0, 0.1) is 12.8 Å². The molecule has 1 aromatic carbocycles. The Morgan fingerprint density at radius 2 is 2.04 bits per heavy atom. The molecule has 3 aromatic heterocycles. The van der Waals surface area contributed by atoms with Gasteiger partial charge in [-0.1, -0.05) is 12.1 Å². The molecule has 1 fully saturated rings. The number of hydrogen-bond acceptors (Lipinski definition) is 7. The van der Waals surface area contributed by atoms with E-state index in [4.69, 9.17) is 4.42 Å². The normalized spacial score (nSPS) is 15.7. The number of benzene rings is 1. The number of fused-ring (bicyclic) bond motifs is 2. The first kappa shape index (κ1) is 16.0. The van der Waals surface area contributed by atoms with Crippen LogP contribution in [0.4, 0.5) is 11.8 Å². The molecule has 1 aliphatic heterocycles. The summed E-state index contributed by atoms with van der Waals surface area (Å²) in [5.74, 6) is 2.16. The van der Waals surface area contributed by atoms with Gasteiger partial charge in [-0.2, -0.15) is 19.6 Å².